The van der Waals surface area contributed by atoms with Gasteiger partial charge in [-0.2, -0.15) is 0 Å². The number of ether oxygens (including phenoxy) is 2. The smallest absolute Gasteiger partial charge is 0.287 e. The fourth-order valence-electron chi connectivity index (χ4n) is 2.20. The molecule has 0 saturated carbocycles. The number of hydrogen-bond acceptors (Lipinski definition) is 4. The summed E-state index contributed by atoms with van der Waals surface area (Å²) in [5.74, 6) is 1.44. The number of carbonyl (C=O) groups is 1. The molecule has 5 heteroatoms. The molecule has 0 bridgehead atoms. The fraction of sp³-hybridized carbons (Fsp3) is 0.389. The normalized spacial score (nSPS) is 12.2. The van der Waals surface area contributed by atoms with Crippen LogP contribution in [0.15, 0.2) is 40.8 Å². The van der Waals surface area contributed by atoms with E-state index in [4.69, 9.17) is 13.9 Å². The van der Waals surface area contributed by atoms with Gasteiger partial charge in [0.05, 0.1) is 12.1 Å². The summed E-state index contributed by atoms with van der Waals surface area (Å²) in [7, 11) is 1.58. The molecular formula is C18H23NO4. The monoisotopic (exact) mass is 317 g/mol. The molecule has 0 fully saturated rings. The van der Waals surface area contributed by atoms with Crippen LogP contribution in [0.1, 0.15) is 48.7 Å². The van der Waals surface area contributed by atoms with Crippen molar-refractivity contribution in [3.8, 4) is 5.75 Å². The third kappa shape index (κ3) is 4.86. The van der Waals surface area contributed by atoms with Gasteiger partial charge in [-0.3, -0.25) is 4.79 Å². The van der Waals surface area contributed by atoms with E-state index in [0.717, 1.165) is 11.3 Å². The van der Waals surface area contributed by atoms with Crippen molar-refractivity contribution in [2.24, 2.45) is 0 Å². The van der Waals surface area contributed by atoms with Crippen molar-refractivity contribution in [2.75, 3.05) is 7.11 Å². The van der Waals surface area contributed by atoms with Gasteiger partial charge in [0.15, 0.2) is 5.76 Å². The van der Waals surface area contributed by atoms with E-state index in [1.54, 1.807) is 19.2 Å². The lowest BCUT2D eigenvalue weighted by atomic mass is 10.1. The Bertz CT molecular complexity index is 648. The van der Waals surface area contributed by atoms with Gasteiger partial charge in [-0.15, -0.1) is 0 Å². The Labute approximate surface area is 136 Å². The molecule has 0 saturated heterocycles. The van der Waals surface area contributed by atoms with Crippen LogP contribution in [-0.4, -0.2) is 19.1 Å². The molecule has 2 aromatic rings. The summed E-state index contributed by atoms with van der Waals surface area (Å²) in [6, 6.07) is 10.9. The van der Waals surface area contributed by atoms with Crippen molar-refractivity contribution >= 4 is 5.91 Å². The molecule has 0 radical (unpaired) electrons. The van der Waals surface area contributed by atoms with Gasteiger partial charge in [0.1, 0.15) is 18.1 Å². The molecule has 23 heavy (non-hydrogen) atoms. The molecule has 1 aromatic heterocycles. The maximum atomic E-state index is 12.2. The third-order valence-corrected chi connectivity index (χ3v) is 3.25. The van der Waals surface area contributed by atoms with Crippen molar-refractivity contribution in [1.29, 1.82) is 0 Å². The lowest BCUT2D eigenvalue weighted by molar-refractivity contribution is 0.0903. The molecule has 1 amide bonds. The second kappa shape index (κ2) is 7.83. The van der Waals surface area contributed by atoms with Crippen LogP contribution in [0, 0.1) is 0 Å². The van der Waals surface area contributed by atoms with Gasteiger partial charge in [-0.25, -0.2) is 0 Å². The largest absolute Gasteiger partial charge is 0.491 e. The van der Waals surface area contributed by atoms with Crippen molar-refractivity contribution in [3.63, 3.8) is 0 Å². The summed E-state index contributed by atoms with van der Waals surface area (Å²) in [5.41, 5.74) is 0.972. The van der Waals surface area contributed by atoms with E-state index in [1.165, 1.54) is 0 Å². The van der Waals surface area contributed by atoms with Crippen LogP contribution in [0.3, 0.4) is 0 Å². The predicted molar refractivity (Wildman–Crippen MR) is 87.5 cm³/mol. The number of amides is 1. The predicted octanol–water partition coefficient (Wildman–Crippen LogP) is 3.70. The fourth-order valence-corrected chi connectivity index (χ4v) is 2.20. The Morgan fingerprint density at radius 3 is 2.70 bits per heavy atom. The first kappa shape index (κ1) is 17.1. The zero-order chi connectivity index (χ0) is 16.8. The first-order valence-corrected chi connectivity index (χ1v) is 7.64. The van der Waals surface area contributed by atoms with Crippen molar-refractivity contribution in [3.05, 3.63) is 53.5 Å². The topological polar surface area (TPSA) is 60.7 Å². The average Bonchev–Trinajstić information content (AvgIpc) is 2.96. The molecule has 0 aliphatic heterocycles. The zero-order valence-corrected chi connectivity index (χ0v) is 14.0. The van der Waals surface area contributed by atoms with E-state index in [-0.39, 0.29) is 23.8 Å². The number of methoxy groups -OCH3 is 1. The molecule has 0 spiro atoms. The number of rotatable bonds is 7. The van der Waals surface area contributed by atoms with Crippen molar-refractivity contribution in [2.45, 2.75) is 39.5 Å². The second-order valence-electron chi connectivity index (χ2n) is 5.63. The molecule has 0 aliphatic rings. The standard InChI is InChI=1S/C18H23NO4/c1-12(2)22-15-7-5-6-14(10-15)13(3)19-18(20)17-9-8-16(23-17)11-21-4/h5-10,12-13H,11H2,1-4H3,(H,19,20). The van der Waals surface area contributed by atoms with Crippen molar-refractivity contribution < 1.29 is 18.7 Å². The van der Waals surface area contributed by atoms with Crippen LogP contribution in [0.25, 0.3) is 0 Å². The SMILES string of the molecule is COCc1ccc(C(=O)NC(C)c2cccc(OC(C)C)c2)o1. The van der Waals surface area contributed by atoms with Gasteiger partial charge >= 0.3 is 0 Å². The highest BCUT2D eigenvalue weighted by molar-refractivity contribution is 5.91. The van der Waals surface area contributed by atoms with Crippen molar-refractivity contribution in [1.82, 2.24) is 5.32 Å². The molecule has 1 unspecified atom stereocenters. The average molecular weight is 317 g/mol. The summed E-state index contributed by atoms with van der Waals surface area (Å²) >= 11 is 0. The van der Waals surface area contributed by atoms with E-state index >= 15 is 0 Å². The number of hydrogen-bond donors (Lipinski definition) is 1. The van der Waals surface area contributed by atoms with Gasteiger partial charge in [-0.1, -0.05) is 12.1 Å². The quantitative estimate of drug-likeness (QED) is 0.846. The highest BCUT2D eigenvalue weighted by atomic mass is 16.5. The minimum Gasteiger partial charge on any atom is -0.491 e. The summed E-state index contributed by atoms with van der Waals surface area (Å²) in [4.78, 5) is 12.2. The van der Waals surface area contributed by atoms with Crippen LogP contribution >= 0.6 is 0 Å². The van der Waals surface area contributed by atoms with Crippen LogP contribution in [0.4, 0.5) is 0 Å². The molecular weight excluding hydrogens is 294 g/mol. The van der Waals surface area contributed by atoms with Gasteiger partial charge < -0.3 is 19.2 Å². The van der Waals surface area contributed by atoms with Crippen LogP contribution in [0.2, 0.25) is 0 Å². The number of furan rings is 1. The molecule has 1 heterocycles. The summed E-state index contributed by atoms with van der Waals surface area (Å²) < 4.78 is 16.1. The molecule has 0 aliphatic carbocycles. The van der Waals surface area contributed by atoms with Gasteiger partial charge in [0.25, 0.3) is 5.91 Å². The number of benzene rings is 1. The number of nitrogens with one attached hydrogen (secondary N) is 1. The van der Waals surface area contributed by atoms with E-state index in [9.17, 15) is 4.79 Å². The zero-order valence-electron chi connectivity index (χ0n) is 14.0. The Balaban J connectivity index is 2.02. The molecule has 124 valence electrons. The summed E-state index contributed by atoms with van der Waals surface area (Å²) in [5, 5.41) is 2.92. The molecule has 1 aromatic carbocycles. The maximum Gasteiger partial charge on any atom is 0.287 e. The third-order valence-electron chi connectivity index (χ3n) is 3.25. The first-order valence-electron chi connectivity index (χ1n) is 7.64. The van der Waals surface area contributed by atoms with E-state index < -0.39 is 0 Å². The minimum atomic E-state index is -0.255. The van der Waals surface area contributed by atoms with Crippen LogP contribution in [-0.2, 0) is 11.3 Å². The summed E-state index contributed by atoms with van der Waals surface area (Å²) in [6.07, 6.45) is 0.109. The Morgan fingerprint density at radius 2 is 2.00 bits per heavy atom. The summed E-state index contributed by atoms with van der Waals surface area (Å²) in [6.45, 7) is 6.22. The Kier molecular flexibility index (Phi) is 5.82. The molecule has 2 rings (SSSR count). The lowest BCUT2D eigenvalue weighted by Crippen LogP contribution is -2.26. The van der Waals surface area contributed by atoms with Gasteiger partial charge in [0, 0.05) is 7.11 Å². The highest BCUT2D eigenvalue weighted by Gasteiger charge is 2.15. The Hall–Kier alpha value is -2.27. The van der Waals surface area contributed by atoms with E-state index in [2.05, 4.69) is 5.32 Å². The lowest BCUT2D eigenvalue weighted by Gasteiger charge is -2.16. The molecule has 1 N–H and O–H groups in total. The van der Waals surface area contributed by atoms with Crippen LogP contribution in [0.5, 0.6) is 5.75 Å². The van der Waals surface area contributed by atoms with Gasteiger partial charge in [-0.05, 0) is 50.6 Å². The highest BCUT2D eigenvalue weighted by Crippen LogP contribution is 2.20. The minimum absolute atomic E-state index is 0.109. The molecule has 5 nitrogen and oxygen atoms in total. The number of carbonyl (C=O) groups excluding carboxylic acids is 1. The first-order chi connectivity index (χ1) is 11.0. The van der Waals surface area contributed by atoms with E-state index in [1.807, 2.05) is 45.0 Å². The van der Waals surface area contributed by atoms with Gasteiger partial charge in [0.2, 0.25) is 0 Å². The van der Waals surface area contributed by atoms with Crippen LogP contribution < -0.4 is 10.1 Å². The molecule has 1 atom stereocenters. The van der Waals surface area contributed by atoms with E-state index in [0.29, 0.717) is 12.4 Å². The second-order valence-corrected chi connectivity index (χ2v) is 5.63. The maximum absolute atomic E-state index is 12.2. The Morgan fingerprint density at radius 1 is 1.22 bits per heavy atom.